The van der Waals surface area contributed by atoms with Gasteiger partial charge in [0.25, 0.3) is 5.91 Å². The van der Waals surface area contributed by atoms with Gasteiger partial charge in [0.15, 0.2) is 0 Å². The van der Waals surface area contributed by atoms with Gasteiger partial charge < -0.3 is 11.1 Å². The van der Waals surface area contributed by atoms with E-state index >= 15 is 0 Å². The maximum absolute atomic E-state index is 12.3. The first-order valence-corrected chi connectivity index (χ1v) is 6.85. The molecule has 3 N–H and O–H groups in total. The Kier molecular flexibility index (Phi) is 4.74. The third-order valence-electron chi connectivity index (χ3n) is 3.66. The highest BCUT2D eigenvalue weighted by molar-refractivity contribution is 5.94. The molecule has 0 aliphatic rings. The van der Waals surface area contributed by atoms with Crippen LogP contribution in [0.2, 0.25) is 0 Å². The summed E-state index contributed by atoms with van der Waals surface area (Å²) in [5.41, 5.74) is 5.93. The number of nitrogens with zero attached hydrogens (tertiary/aromatic N) is 2. The monoisotopic (exact) mass is 266 g/mol. The molecule has 0 saturated carbocycles. The summed E-state index contributed by atoms with van der Waals surface area (Å²) in [4.78, 5) is 12.3. The Morgan fingerprint density at radius 1 is 1.37 bits per heavy atom. The summed E-state index contributed by atoms with van der Waals surface area (Å²) in [6.45, 7) is 10.7. The van der Waals surface area contributed by atoms with E-state index in [1.807, 2.05) is 34.6 Å². The zero-order chi connectivity index (χ0) is 14.7. The van der Waals surface area contributed by atoms with Crippen molar-refractivity contribution in [1.29, 1.82) is 0 Å². The smallest absolute Gasteiger partial charge is 0.254 e. The van der Waals surface area contributed by atoms with Crippen molar-refractivity contribution < 1.29 is 4.79 Å². The number of nitrogens with one attached hydrogen (secondary N) is 1. The Labute approximate surface area is 115 Å². The summed E-state index contributed by atoms with van der Waals surface area (Å²) >= 11 is 0. The molecule has 0 bridgehead atoms. The highest BCUT2D eigenvalue weighted by Gasteiger charge is 2.27. The molecular formula is C14H26N4O. The van der Waals surface area contributed by atoms with Gasteiger partial charge in [-0.25, -0.2) is 0 Å². The van der Waals surface area contributed by atoms with E-state index < -0.39 is 0 Å². The molecule has 0 fully saturated rings. The molecule has 0 aromatic carbocycles. The minimum absolute atomic E-state index is 0.107. The molecule has 0 atom stereocenters. The van der Waals surface area contributed by atoms with E-state index in [9.17, 15) is 4.79 Å². The predicted molar refractivity (Wildman–Crippen MR) is 77.1 cm³/mol. The molecule has 0 aliphatic carbocycles. The second kappa shape index (κ2) is 5.74. The first kappa shape index (κ1) is 15.7. The third-order valence-corrected chi connectivity index (χ3v) is 3.66. The van der Waals surface area contributed by atoms with Gasteiger partial charge in [-0.2, -0.15) is 5.10 Å². The number of carbonyl (C=O) groups is 1. The molecule has 0 unspecified atom stereocenters. The Bertz CT molecular complexity index is 419. The maximum Gasteiger partial charge on any atom is 0.254 e. The van der Waals surface area contributed by atoms with E-state index in [1.165, 1.54) is 0 Å². The molecule has 1 rings (SSSR count). The van der Waals surface area contributed by atoms with Crippen LogP contribution in [-0.2, 0) is 5.54 Å². The number of hydrogen-bond donors (Lipinski definition) is 2. The Balaban J connectivity index is 2.87. The molecule has 5 nitrogen and oxygen atoms in total. The van der Waals surface area contributed by atoms with Gasteiger partial charge in [0.2, 0.25) is 0 Å². The fraction of sp³-hybridized carbons (Fsp3) is 0.714. The normalized spacial score (nSPS) is 12.5. The lowest BCUT2D eigenvalue weighted by Crippen LogP contribution is -2.52. The second-order valence-corrected chi connectivity index (χ2v) is 5.99. The van der Waals surface area contributed by atoms with Crippen LogP contribution in [-0.4, -0.2) is 27.8 Å². The quantitative estimate of drug-likeness (QED) is 0.854. The van der Waals surface area contributed by atoms with Gasteiger partial charge in [-0.15, -0.1) is 0 Å². The van der Waals surface area contributed by atoms with E-state index in [0.29, 0.717) is 12.1 Å². The number of hydrogen-bond acceptors (Lipinski definition) is 3. The van der Waals surface area contributed by atoms with Crippen LogP contribution >= 0.6 is 0 Å². The van der Waals surface area contributed by atoms with E-state index in [1.54, 1.807) is 17.1 Å². The Hall–Kier alpha value is -1.36. The van der Waals surface area contributed by atoms with Crippen molar-refractivity contribution in [2.24, 2.45) is 5.73 Å². The van der Waals surface area contributed by atoms with E-state index in [-0.39, 0.29) is 17.0 Å². The van der Waals surface area contributed by atoms with E-state index in [2.05, 4.69) is 10.4 Å². The molecule has 108 valence electrons. The van der Waals surface area contributed by atoms with Gasteiger partial charge in [-0.1, -0.05) is 13.8 Å². The summed E-state index contributed by atoms with van der Waals surface area (Å²) < 4.78 is 1.80. The molecule has 1 aromatic heterocycles. The highest BCUT2D eigenvalue weighted by atomic mass is 16.1. The van der Waals surface area contributed by atoms with Crippen molar-refractivity contribution >= 4 is 5.91 Å². The molecule has 5 heteroatoms. The first-order valence-electron chi connectivity index (χ1n) is 6.85. The van der Waals surface area contributed by atoms with Gasteiger partial charge in [-0.05, 0) is 33.6 Å². The molecule has 1 amide bonds. The van der Waals surface area contributed by atoms with Crippen LogP contribution in [0, 0.1) is 0 Å². The van der Waals surface area contributed by atoms with Crippen LogP contribution < -0.4 is 11.1 Å². The maximum atomic E-state index is 12.3. The summed E-state index contributed by atoms with van der Waals surface area (Å²) in [7, 11) is 0. The Morgan fingerprint density at radius 3 is 2.32 bits per heavy atom. The number of nitrogens with two attached hydrogens (primary N) is 1. The standard InChI is InChI=1S/C14H26N4O/c1-6-14(7-2,10-15)17-12(19)11-8-16-18(9-11)13(3,4)5/h8-9H,6-7,10,15H2,1-5H3,(H,17,19). The van der Waals surface area contributed by atoms with Crippen molar-refractivity contribution in [3.05, 3.63) is 18.0 Å². The fourth-order valence-electron chi connectivity index (χ4n) is 1.89. The zero-order valence-electron chi connectivity index (χ0n) is 12.7. The average Bonchev–Trinajstić information content (AvgIpc) is 2.85. The molecule has 0 saturated heterocycles. The summed E-state index contributed by atoms with van der Waals surface area (Å²) in [6, 6.07) is 0. The van der Waals surface area contributed by atoms with Crippen LogP contribution in [0.5, 0.6) is 0 Å². The van der Waals surface area contributed by atoms with Crippen LogP contribution in [0.4, 0.5) is 0 Å². The van der Waals surface area contributed by atoms with Gasteiger partial charge in [0, 0.05) is 12.7 Å². The first-order chi connectivity index (χ1) is 8.78. The number of aromatic nitrogens is 2. The lowest BCUT2D eigenvalue weighted by atomic mass is 9.92. The van der Waals surface area contributed by atoms with E-state index in [0.717, 1.165) is 12.8 Å². The van der Waals surface area contributed by atoms with Gasteiger partial charge in [0.1, 0.15) is 0 Å². The topological polar surface area (TPSA) is 72.9 Å². The van der Waals surface area contributed by atoms with Crippen LogP contribution in [0.3, 0.4) is 0 Å². The average molecular weight is 266 g/mol. The lowest BCUT2D eigenvalue weighted by molar-refractivity contribution is 0.0895. The SMILES string of the molecule is CCC(CC)(CN)NC(=O)c1cnn(C(C)(C)C)c1. The minimum Gasteiger partial charge on any atom is -0.345 e. The fourth-order valence-corrected chi connectivity index (χ4v) is 1.89. The largest absolute Gasteiger partial charge is 0.345 e. The molecule has 1 heterocycles. The van der Waals surface area contributed by atoms with Crippen molar-refractivity contribution in [3.63, 3.8) is 0 Å². The molecule has 1 aromatic rings. The van der Waals surface area contributed by atoms with Gasteiger partial charge in [0.05, 0.1) is 22.8 Å². The van der Waals surface area contributed by atoms with Crippen LogP contribution in [0.15, 0.2) is 12.4 Å². The molecule has 0 aliphatic heterocycles. The molecule has 0 spiro atoms. The predicted octanol–water partition coefficient (Wildman–Crippen LogP) is 1.89. The highest BCUT2D eigenvalue weighted by Crippen LogP contribution is 2.16. The van der Waals surface area contributed by atoms with Gasteiger partial charge in [-0.3, -0.25) is 9.48 Å². The van der Waals surface area contributed by atoms with Crippen LogP contribution in [0.25, 0.3) is 0 Å². The van der Waals surface area contributed by atoms with E-state index in [4.69, 9.17) is 5.73 Å². The summed E-state index contributed by atoms with van der Waals surface area (Å²) in [6.07, 6.45) is 5.02. The van der Waals surface area contributed by atoms with Gasteiger partial charge >= 0.3 is 0 Å². The van der Waals surface area contributed by atoms with Crippen molar-refractivity contribution in [3.8, 4) is 0 Å². The number of rotatable bonds is 5. The number of carbonyl (C=O) groups excluding carboxylic acids is 1. The lowest BCUT2D eigenvalue weighted by Gasteiger charge is -2.31. The summed E-state index contributed by atoms with van der Waals surface area (Å²) in [5.74, 6) is -0.107. The van der Waals surface area contributed by atoms with Crippen molar-refractivity contribution in [2.75, 3.05) is 6.54 Å². The molecule has 19 heavy (non-hydrogen) atoms. The molecule has 0 radical (unpaired) electrons. The minimum atomic E-state index is -0.319. The van der Waals surface area contributed by atoms with Crippen molar-refractivity contribution in [2.45, 2.75) is 58.5 Å². The van der Waals surface area contributed by atoms with Crippen LogP contribution in [0.1, 0.15) is 57.8 Å². The summed E-state index contributed by atoms with van der Waals surface area (Å²) in [5, 5.41) is 7.28. The second-order valence-electron chi connectivity index (χ2n) is 5.99. The molecular weight excluding hydrogens is 240 g/mol. The van der Waals surface area contributed by atoms with Crippen molar-refractivity contribution in [1.82, 2.24) is 15.1 Å². The zero-order valence-corrected chi connectivity index (χ0v) is 12.7. The third kappa shape index (κ3) is 3.56. The number of amides is 1. The Morgan fingerprint density at radius 2 is 1.95 bits per heavy atom.